The third-order valence-corrected chi connectivity index (χ3v) is 2.74. The molecule has 0 aliphatic carbocycles. The summed E-state index contributed by atoms with van der Waals surface area (Å²) < 4.78 is 4.64. The second kappa shape index (κ2) is 7.78. The van der Waals surface area contributed by atoms with Crippen LogP contribution in [0.1, 0.15) is 12.8 Å². The smallest absolute Gasteiger partial charge is 0.336 e. The lowest BCUT2D eigenvalue weighted by atomic mass is 10.2. The number of hydrogen-bond donors (Lipinski definition) is 5. The van der Waals surface area contributed by atoms with Crippen molar-refractivity contribution in [1.82, 2.24) is 10.6 Å². The number of epoxide rings is 1. The number of aliphatic hydroxyl groups excluding tert-OH is 1. The SMILES string of the molecule is NCCCCNC(=O)[C@H](CO)NC(=O)[C@H]1O[C@@H]1C(=O)O. The number of ether oxygens (including phenoxy) is 1. The quantitative estimate of drug-likeness (QED) is 0.226. The van der Waals surface area contributed by atoms with Gasteiger partial charge in [0.2, 0.25) is 5.91 Å². The van der Waals surface area contributed by atoms with Crippen LogP contribution in [-0.4, -0.2) is 65.9 Å². The van der Waals surface area contributed by atoms with Crippen molar-refractivity contribution < 1.29 is 29.3 Å². The Hall–Kier alpha value is -1.71. The first-order valence-corrected chi connectivity index (χ1v) is 6.28. The zero-order chi connectivity index (χ0) is 15.1. The molecule has 0 aromatic rings. The number of carboxylic acid groups (broad SMARTS) is 1. The standard InChI is InChI=1S/C11H19N3O6/c12-3-1-2-4-13-9(16)6(5-15)14-10(17)7-8(20-7)11(18)19/h6-8,15H,1-5,12H2,(H,13,16)(H,14,17)(H,18,19)/t6-,7-,8-/m0/s1. The van der Waals surface area contributed by atoms with Crippen molar-refractivity contribution in [3.8, 4) is 0 Å². The number of rotatable bonds is 9. The first-order valence-electron chi connectivity index (χ1n) is 6.28. The van der Waals surface area contributed by atoms with Crippen molar-refractivity contribution >= 4 is 17.8 Å². The summed E-state index contributed by atoms with van der Waals surface area (Å²) in [7, 11) is 0. The van der Waals surface area contributed by atoms with Gasteiger partial charge >= 0.3 is 5.97 Å². The number of nitrogens with two attached hydrogens (primary N) is 1. The maximum atomic E-state index is 11.7. The minimum atomic E-state index is -1.24. The molecule has 3 atom stereocenters. The fourth-order valence-electron chi connectivity index (χ4n) is 1.55. The van der Waals surface area contributed by atoms with Crippen molar-refractivity contribution in [3.63, 3.8) is 0 Å². The highest BCUT2D eigenvalue weighted by molar-refractivity contribution is 5.95. The van der Waals surface area contributed by atoms with Gasteiger partial charge in [0.25, 0.3) is 5.91 Å². The molecule has 0 unspecified atom stereocenters. The highest BCUT2D eigenvalue weighted by atomic mass is 16.6. The largest absolute Gasteiger partial charge is 0.479 e. The van der Waals surface area contributed by atoms with Crippen LogP contribution in [0.15, 0.2) is 0 Å². The van der Waals surface area contributed by atoms with E-state index in [0.717, 1.165) is 6.42 Å². The normalized spacial score (nSPS) is 21.9. The van der Waals surface area contributed by atoms with Crippen LogP contribution in [0.2, 0.25) is 0 Å². The Labute approximate surface area is 115 Å². The Morgan fingerprint density at radius 2 is 1.95 bits per heavy atom. The molecule has 20 heavy (non-hydrogen) atoms. The molecule has 1 aliphatic rings. The minimum absolute atomic E-state index is 0.389. The van der Waals surface area contributed by atoms with E-state index in [0.29, 0.717) is 19.5 Å². The Morgan fingerprint density at radius 3 is 2.45 bits per heavy atom. The maximum absolute atomic E-state index is 11.7. The van der Waals surface area contributed by atoms with Crippen molar-refractivity contribution in [2.45, 2.75) is 31.1 Å². The Bertz CT molecular complexity index is 375. The van der Waals surface area contributed by atoms with Crippen LogP contribution in [-0.2, 0) is 19.1 Å². The van der Waals surface area contributed by atoms with Crippen LogP contribution < -0.4 is 16.4 Å². The molecule has 1 heterocycles. The van der Waals surface area contributed by atoms with E-state index in [1.165, 1.54) is 0 Å². The van der Waals surface area contributed by atoms with Crippen molar-refractivity contribution in [3.05, 3.63) is 0 Å². The molecule has 0 spiro atoms. The summed E-state index contributed by atoms with van der Waals surface area (Å²) in [6, 6.07) is -1.13. The van der Waals surface area contributed by atoms with E-state index in [9.17, 15) is 14.4 Å². The Morgan fingerprint density at radius 1 is 1.25 bits per heavy atom. The van der Waals surface area contributed by atoms with Gasteiger partial charge in [0.05, 0.1) is 6.61 Å². The average Bonchev–Trinajstić information content (AvgIpc) is 3.21. The third kappa shape index (κ3) is 4.76. The number of amides is 2. The number of aliphatic hydroxyl groups is 1. The molecule has 9 nitrogen and oxygen atoms in total. The van der Waals surface area contributed by atoms with E-state index in [1.807, 2.05) is 0 Å². The second-order valence-corrected chi connectivity index (χ2v) is 4.35. The summed E-state index contributed by atoms with van der Waals surface area (Å²) in [4.78, 5) is 33.7. The fourth-order valence-corrected chi connectivity index (χ4v) is 1.55. The second-order valence-electron chi connectivity index (χ2n) is 4.35. The minimum Gasteiger partial charge on any atom is -0.479 e. The molecule has 1 saturated heterocycles. The summed E-state index contributed by atoms with van der Waals surface area (Å²) in [5.74, 6) is -2.50. The molecule has 0 bridgehead atoms. The molecule has 0 aromatic heterocycles. The fraction of sp³-hybridized carbons (Fsp3) is 0.727. The molecule has 1 rings (SSSR count). The van der Waals surface area contributed by atoms with E-state index >= 15 is 0 Å². The van der Waals surface area contributed by atoms with Crippen molar-refractivity contribution in [1.29, 1.82) is 0 Å². The predicted octanol–water partition coefficient (Wildman–Crippen LogP) is -2.83. The van der Waals surface area contributed by atoms with Crippen molar-refractivity contribution in [2.75, 3.05) is 19.7 Å². The van der Waals surface area contributed by atoms with Gasteiger partial charge in [0, 0.05) is 6.54 Å². The first-order chi connectivity index (χ1) is 9.51. The zero-order valence-electron chi connectivity index (χ0n) is 10.9. The van der Waals surface area contributed by atoms with Gasteiger partial charge in [-0.25, -0.2) is 4.79 Å². The van der Waals surface area contributed by atoms with Crippen LogP contribution in [0.3, 0.4) is 0 Å². The van der Waals surface area contributed by atoms with Gasteiger partial charge in [0.15, 0.2) is 12.2 Å². The number of carbonyl (C=O) groups excluding carboxylic acids is 2. The number of unbranched alkanes of at least 4 members (excludes halogenated alkanes) is 1. The van der Waals surface area contributed by atoms with Crippen molar-refractivity contribution in [2.24, 2.45) is 5.73 Å². The molecule has 0 radical (unpaired) electrons. The lowest BCUT2D eigenvalue weighted by Gasteiger charge is -2.15. The van der Waals surface area contributed by atoms with E-state index in [-0.39, 0.29) is 0 Å². The topological polar surface area (TPSA) is 154 Å². The predicted molar refractivity (Wildman–Crippen MR) is 66.6 cm³/mol. The molecule has 6 N–H and O–H groups in total. The first kappa shape index (κ1) is 16.3. The number of carboxylic acids is 1. The average molecular weight is 289 g/mol. The van der Waals surface area contributed by atoms with Crippen LogP contribution in [0, 0.1) is 0 Å². The van der Waals surface area contributed by atoms with Crippen LogP contribution in [0.5, 0.6) is 0 Å². The summed E-state index contributed by atoms with van der Waals surface area (Å²) in [6.45, 7) is 0.324. The van der Waals surface area contributed by atoms with Crippen LogP contribution in [0.25, 0.3) is 0 Å². The van der Waals surface area contributed by atoms with Gasteiger partial charge in [-0.3, -0.25) is 9.59 Å². The summed E-state index contributed by atoms with van der Waals surface area (Å²) >= 11 is 0. The van der Waals surface area contributed by atoms with Gasteiger partial charge in [-0.2, -0.15) is 0 Å². The molecule has 1 fully saturated rings. The van der Waals surface area contributed by atoms with Gasteiger partial charge < -0.3 is 31.3 Å². The van der Waals surface area contributed by atoms with Gasteiger partial charge in [-0.1, -0.05) is 0 Å². The van der Waals surface area contributed by atoms with Gasteiger partial charge in [-0.05, 0) is 19.4 Å². The maximum Gasteiger partial charge on any atom is 0.336 e. The number of nitrogens with one attached hydrogen (secondary N) is 2. The molecular formula is C11H19N3O6. The van der Waals surface area contributed by atoms with Gasteiger partial charge in [-0.15, -0.1) is 0 Å². The van der Waals surface area contributed by atoms with E-state index < -0.39 is 42.6 Å². The lowest BCUT2D eigenvalue weighted by Crippen LogP contribution is -2.50. The highest BCUT2D eigenvalue weighted by Gasteiger charge is 2.51. The molecule has 114 valence electrons. The van der Waals surface area contributed by atoms with E-state index in [4.69, 9.17) is 15.9 Å². The lowest BCUT2D eigenvalue weighted by molar-refractivity contribution is -0.138. The van der Waals surface area contributed by atoms with E-state index in [2.05, 4.69) is 15.4 Å². The highest BCUT2D eigenvalue weighted by Crippen LogP contribution is 2.22. The molecule has 2 amide bonds. The zero-order valence-corrected chi connectivity index (χ0v) is 10.9. The molecule has 9 heteroatoms. The number of carbonyl (C=O) groups is 3. The van der Waals surface area contributed by atoms with E-state index in [1.54, 1.807) is 0 Å². The molecule has 0 aromatic carbocycles. The third-order valence-electron chi connectivity index (χ3n) is 2.74. The molecule has 0 saturated carbocycles. The summed E-state index contributed by atoms with van der Waals surface area (Å²) in [6.07, 6.45) is -0.832. The van der Waals surface area contributed by atoms with Crippen LogP contribution in [0.4, 0.5) is 0 Å². The summed E-state index contributed by atoms with van der Waals surface area (Å²) in [5, 5.41) is 22.4. The molecular weight excluding hydrogens is 270 g/mol. The Balaban J connectivity index is 2.33. The Kier molecular flexibility index (Phi) is 6.36. The molecule has 1 aliphatic heterocycles. The monoisotopic (exact) mass is 289 g/mol. The van der Waals surface area contributed by atoms with Gasteiger partial charge in [0.1, 0.15) is 6.04 Å². The number of hydrogen-bond acceptors (Lipinski definition) is 6. The number of aliphatic carboxylic acids is 1. The van der Waals surface area contributed by atoms with Crippen LogP contribution >= 0.6 is 0 Å². The summed E-state index contributed by atoms with van der Waals surface area (Å²) in [5.41, 5.74) is 5.30.